The van der Waals surface area contributed by atoms with Crippen molar-refractivity contribution in [1.82, 2.24) is 5.32 Å². The van der Waals surface area contributed by atoms with Gasteiger partial charge in [-0.2, -0.15) is 0 Å². The summed E-state index contributed by atoms with van der Waals surface area (Å²) in [7, 11) is 0. The van der Waals surface area contributed by atoms with Crippen molar-refractivity contribution in [3.05, 3.63) is 11.6 Å². The third-order valence-corrected chi connectivity index (χ3v) is 8.52. The van der Waals surface area contributed by atoms with Crippen molar-refractivity contribution in [3.63, 3.8) is 0 Å². The van der Waals surface area contributed by atoms with E-state index in [1.807, 2.05) is 6.08 Å². The molecule has 4 rings (SSSR count). The number of hydrogen-bond acceptors (Lipinski definition) is 3. The predicted molar refractivity (Wildman–Crippen MR) is 100 cm³/mol. The van der Waals surface area contributed by atoms with Crippen LogP contribution in [0.3, 0.4) is 0 Å². The van der Waals surface area contributed by atoms with E-state index in [0.717, 1.165) is 25.8 Å². The van der Waals surface area contributed by atoms with Crippen molar-refractivity contribution in [1.29, 1.82) is 0 Å². The Hall–Kier alpha value is -1.32. The van der Waals surface area contributed by atoms with Gasteiger partial charge in [-0.05, 0) is 67.6 Å². The fourth-order valence-corrected chi connectivity index (χ4v) is 7.34. The number of esters is 1. The lowest BCUT2D eigenvalue weighted by Gasteiger charge is -2.58. The Balaban J connectivity index is 1.67. The van der Waals surface area contributed by atoms with Gasteiger partial charge in [-0.1, -0.05) is 26.3 Å². The molecule has 7 atom stereocenters. The zero-order valence-corrected chi connectivity index (χ0v) is 16.6. The first-order valence-corrected chi connectivity index (χ1v) is 10.4. The smallest absolute Gasteiger partial charge is 0.302 e. The fourth-order valence-electron chi connectivity index (χ4n) is 7.34. The zero-order chi connectivity index (χ0) is 18.7. The first kappa shape index (κ1) is 18.1. The molecule has 0 aromatic rings. The Labute approximate surface area is 157 Å². The molecule has 4 nitrogen and oxygen atoms in total. The Morgan fingerprint density at radius 2 is 1.96 bits per heavy atom. The van der Waals surface area contributed by atoms with Crippen molar-refractivity contribution in [2.24, 2.45) is 34.5 Å². The molecular weight excluding hydrogens is 326 g/mol. The summed E-state index contributed by atoms with van der Waals surface area (Å²) in [6, 6.07) is 0. The van der Waals surface area contributed by atoms with Crippen LogP contribution in [0, 0.1) is 34.5 Å². The third kappa shape index (κ3) is 2.55. The lowest BCUT2D eigenvalue weighted by atomic mass is 9.46. The molecule has 0 radical (unpaired) electrons. The molecule has 144 valence electrons. The van der Waals surface area contributed by atoms with Crippen LogP contribution in [-0.4, -0.2) is 24.5 Å². The van der Waals surface area contributed by atoms with Gasteiger partial charge in [-0.15, -0.1) is 0 Å². The van der Waals surface area contributed by atoms with Crippen LogP contribution < -0.4 is 5.32 Å². The molecule has 1 N–H and O–H groups in total. The first-order valence-electron chi connectivity index (χ1n) is 10.4. The molecule has 4 heteroatoms. The molecule has 3 saturated carbocycles. The molecule has 3 fully saturated rings. The van der Waals surface area contributed by atoms with E-state index in [0.29, 0.717) is 23.7 Å². The average Bonchev–Trinajstić information content (AvgIpc) is 2.78. The molecule has 7 unspecified atom stereocenters. The van der Waals surface area contributed by atoms with Crippen LogP contribution >= 0.6 is 0 Å². The molecule has 1 amide bonds. The lowest BCUT2D eigenvalue weighted by Crippen LogP contribution is -2.52. The SMILES string of the molecule is CC(=O)OC1CCC2C3CC(C)C4=CC(=O)NCCC4(C)C3CCC12C. The van der Waals surface area contributed by atoms with Crippen molar-refractivity contribution < 1.29 is 14.3 Å². The van der Waals surface area contributed by atoms with Gasteiger partial charge in [0.25, 0.3) is 0 Å². The van der Waals surface area contributed by atoms with Gasteiger partial charge < -0.3 is 10.1 Å². The van der Waals surface area contributed by atoms with Crippen LogP contribution in [0.4, 0.5) is 0 Å². The number of nitrogens with one attached hydrogen (secondary N) is 1. The Morgan fingerprint density at radius 1 is 1.19 bits per heavy atom. The van der Waals surface area contributed by atoms with Crippen LogP contribution in [0.2, 0.25) is 0 Å². The number of allylic oxidation sites excluding steroid dienone is 1. The van der Waals surface area contributed by atoms with Crippen LogP contribution in [0.15, 0.2) is 11.6 Å². The van der Waals surface area contributed by atoms with Gasteiger partial charge in [0.05, 0.1) is 0 Å². The zero-order valence-electron chi connectivity index (χ0n) is 16.6. The van der Waals surface area contributed by atoms with Gasteiger partial charge >= 0.3 is 5.97 Å². The van der Waals surface area contributed by atoms with Crippen molar-refractivity contribution in [2.45, 2.75) is 72.3 Å². The van der Waals surface area contributed by atoms with Gasteiger partial charge in [0.2, 0.25) is 5.91 Å². The number of carbonyl (C=O) groups is 2. The minimum Gasteiger partial charge on any atom is -0.462 e. The van der Waals surface area contributed by atoms with Crippen molar-refractivity contribution in [2.75, 3.05) is 6.54 Å². The van der Waals surface area contributed by atoms with E-state index in [1.165, 1.54) is 24.8 Å². The van der Waals surface area contributed by atoms with Gasteiger partial charge in [0.1, 0.15) is 6.10 Å². The van der Waals surface area contributed by atoms with Crippen LogP contribution in [0.1, 0.15) is 66.2 Å². The first-order chi connectivity index (χ1) is 12.3. The van der Waals surface area contributed by atoms with E-state index >= 15 is 0 Å². The minimum absolute atomic E-state index is 0.0865. The summed E-state index contributed by atoms with van der Waals surface area (Å²) in [4.78, 5) is 23.7. The second kappa shape index (κ2) is 6.10. The van der Waals surface area contributed by atoms with E-state index in [2.05, 4.69) is 26.1 Å². The van der Waals surface area contributed by atoms with E-state index in [-0.39, 0.29) is 28.8 Å². The summed E-state index contributed by atoms with van der Waals surface area (Å²) in [6.45, 7) is 9.41. The summed E-state index contributed by atoms with van der Waals surface area (Å²) >= 11 is 0. The Kier molecular flexibility index (Phi) is 4.24. The monoisotopic (exact) mass is 359 g/mol. The fraction of sp³-hybridized carbons (Fsp3) is 0.818. The number of rotatable bonds is 1. The van der Waals surface area contributed by atoms with Crippen molar-refractivity contribution in [3.8, 4) is 0 Å². The summed E-state index contributed by atoms with van der Waals surface area (Å²) in [5, 5.41) is 3.05. The molecule has 26 heavy (non-hydrogen) atoms. The highest BCUT2D eigenvalue weighted by molar-refractivity contribution is 5.89. The van der Waals surface area contributed by atoms with Gasteiger partial charge in [-0.25, -0.2) is 0 Å². The average molecular weight is 360 g/mol. The lowest BCUT2D eigenvalue weighted by molar-refractivity contribution is -0.157. The van der Waals surface area contributed by atoms with Crippen LogP contribution in [0.5, 0.6) is 0 Å². The molecule has 3 aliphatic carbocycles. The van der Waals surface area contributed by atoms with E-state index in [4.69, 9.17) is 4.74 Å². The topological polar surface area (TPSA) is 55.4 Å². The van der Waals surface area contributed by atoms with Crippen molar-refractivity contribution >= 4 is 11.9 Å². The number of hydrogen-bond donors (Lipinski definition) is 1. The number of amides is 1. The molecule has 0 spiro atoms. The predicted octanol–water partition coefficient (Wildman–Crippen LogP) is 3.85. The largest absolute Gasteiger partial charge is 0.462 e. The molecule has 1 heterocycles. The molecule has 1 aliphatic heterocycles. The maximum atomic E-state index is 12.1. The highest BCUT2D eigenvalue weighted by atomic mass is 16.5. The normalized spacial score (nSPS) is 47.6. The number of carbonyl (C=O) groups excluding carboxylic acids is 2. The van der Waals surface area contributed by atoms with E-state index < -0.39 is 0 Å². The van der Waals surface area contributed by atoms with Gasteiger partial charge in [-0.3, -0.25) is 9.59 Å². The molecule has 4 aliphatic rings. The van der Waals surface area contributed by atoms with E-state index in [1.54, 1.807) is 6.92 Å². The van der Waals surface area contributed by atoms with Crippen LogP contribution in [0.25, 0.3) is 0 Å². The maximum Gasteiger partial charge on any atom is 0.302 e. The van der Waals surface area contributed by atoms with Gasteiger partial charge in [0.15, 0.2) is 0 Å². The van der Waals surface area contributed by atoms with E-state index in [9.17, 15) is 9.59 Å². The highest BCUT2D eigenvalue weighted by Crippen LogP contribution is 2.65. The molecule has 0 aromatic carbocycles. The molecular formula is C22H33NO3. The summed E-state index contributed by atoms with van der Waals surface area (Å²) < 4.78 is 5.75. The number of fused-ring (bicyclic) bond motifs is 5. The van der Waals surface area contributed by atoms with Gasteiger partial charge in [0, 0.05) is 25.0 Å². The molecule has 0 aromatic heterocycles. The Bertz CT molecular complexity index is 656. The van der Waals surface area contributed by atoms with Crippen LogP contribution in [-0.2, 0) is 14.3 Å². The summed E-state index contributed by atoms with van der Waals surface area (Å²) in [5.41, 5.74) is 1.64. The third-order valence-electron chi connectivity index (χ3n) is 8.52. The molecule has 0 bridgehead atoms. The quantitative estimate of drug-likeness (QED) is 0.724. The second-order valence-electron chi connectivity index (χ2n) is 9.79. The standard InChI is InChI=1S/C22H33NO3/c1-13-11-15-16-5-6-19(26-14(2)24)22(16,4)8-7-17(15)21(3)9-10-23-20(25)12-18(13)21/h12-13,15-17,19H,5-11H2,1-4H3,(H,23,25). The summed E-state index contributed by atoms with van der Waals surface area (Å²) in [5.74, 6) is 2.37. The summed E-state index contributed by atoms with van der Waals surface area (Å²) in [6.07, 6.45) is 8.73. The second-order valence-corrected chi connectivity index (χ2v) is 9.79. The minimum atomic E-state index is -0.137. The molecule has 0 saturated heterocycles. The Morgan fingerprint density at radius 3 is 2.69 bits per heavy atom. The maximum absolute atomic E-state index is 12.1. The number of ether oxygens (including phenoxy) is 1. The highest BCUT2D eigenvalue weighted by Gasteiger charge is 2.60.